The van der Waals surface area contributed by atoms with Gasteiger partial charge in [0.1, 0.15) is 0 Å². The van der Waals surface area contributed by atoms with Crippen molar-refractivity contribution in [1.29, 1.82) is 0 Å². The predicted molar refractivity (Wildman–Crippen MR) is 95.1 cm³/mol. The van der Waals surface area contributed by atoms with Gasteiger partial charge in [-0.2, -0.15) is 5.10 Å². The molecule has 0 unspecified atom stereocenters. The summed E-state index contributed by atoms with van der Waals surface area (Å²) >= 11 is 0. The molecule has 1 aromatic carbocycles. The van der Waals surface area contributed by atoms with Gasteiger partial charge in [0.05, 0.1) is 29.7 Å². The van der Waals surface area contributed by atoms with Gasteiger partial charge in [-0.3, -0.25) is 9.59 Å². The van der Waals surface area contributed by atoms with E-state index in [0.29, 0.717) is 23.6 Å². The normalized spacial score (nSPS) is 19.0. The second-order valence-electron chi connectivity index (χ2n) is 6.63. The number of methoxy groups -OCH3 is 1. The number of nitrogens with zero attached hydrogens (tertiary/aromatic N) is 2. The third-order valence-electron chi connectivity index (χ3n) is 4.73. The van der Waals surface area contributed by atoms with E-state index in [-0.39, 0.29) is 25.0 Å². The van der Waals surface area contributed by atoms with Crippen molar-refractivity contribution in [3.05, 3.63) is 47.8 Å². The molecule has 1 saturated carbocycles. The Morgan fingerprint density at radius 2 is 2.04 bits per heavy atom. The highest BCUT2D eigenvalue weighted by Gasteiger charge is 2.31. The zero-order valence-corrected chi connectivity index (χ0v) is 14.7. The molecule has 7 heteroatoms. The Balaban J connectivity index is 1.65. The van der Waals surface area contributed by atoms with Gasteiger partial charge < -0.3 is 15.2 Å². The number of rotatable bonds is 8. The highest BCUT2D eigenvalue weighted by atomic mass is 16.5. The van der Waals surface area contributed by atoms with E-state index in [1.54, 1.807) is 18.0 Å². The molecular weight excluding hydrogens is 334 g/mol. The number of benzene rings is 1. The molecule has 2 N–H and O–H groups in total. The van der Waals surface area contributed by atoms with Crippen LogP contribution < -0.4 is 5.32 Å². The summed E-state index contributed by atoms with van der Waals surface area (Å²) in [5.74, 6) is -0.558. The van der Waals surface area contributed by atoms with Crippen LogP contribution in [0.25, 0.3) is 5.69 Å². The summed E-state index contributed by atoms with van der Waals surface area (Å²) in [7, 11) is 1.59. The lowest BCUT2D eigenvalue weighted by Crippen LogP contribution is -2.44. The number of aliphatic carboxylic acids is 1. The van der Waals surface area contributed by atoms with E-state index < -0.39 is 5.97 Å². The molecule has 0 atom stereocenters. The molecule has 1 aliphatic rings. The molecule has 1 amide bonds. The number of aromatic nitrogens is 2. The maximum Gasteiger partial charge on any atom is 0.303 e. The van der Waals surface area contributed by atoms with Crippen LogP contribution in [0.2, 0.25) is 0 Å². The van der Waals surface area contributed by atoms with E-state index in [1.807, 2.05) is 30.3 Å². The molecule has 0 aliphatic heterocycles. The Kier molecular flexibility index (Phi) is 5.68. The Labute approximate surface area is 152 Å². The van der Waals surface area contributed by atoms with Gasteiger partial charge in [0.25, 0.3) is 5.91 Å². The van der Waals surface area contributed by atoms with Crippen LogP contribution in [0.1, 0.15) is 41.7 Å². The topological polar surface area (TPSA) is 93.4 Å². The minimum atomic E-state index is -0.769. The van der Waals surface area contributed by atoms with Crippen molar-refractivity contribution in [2.45, 2.75) is 38.3 Å². The fourth-order valence-electron chi connectivity index (χ4n) is 3.31. The van der Waals surface area contributed by atoms with Crippen LogP contribution in [0.5, 0.6) is 0 Å². The van der Waals surface area contributed by atoms with Crippen LogP contribution in [-0.4, -0.2) is 39.9 Å². The summed E-state index contributed by atoms with van der Waals surface area (Å²) < 4.78 is 6.98. The second kappa shape index (κ2) is 8.14. The summed E-state index contributed by atoms with van der Waals surface area (Å²) in [5, 5.41) is 16.1. The molecule has 2 aromatic rings. The highest BCUT2D eigenvalue weighted by molar-refractivity contribution is 5.95. The van der Waals surface area contributed by atoms with Crippen LogP contribution in [0.3, 0.4) is 0 Å². The number of nitrogens with one attached hydrogen (secondary N) is 1. The number of amides is 1. The monoisotopic (exact) mass is 357 g/mol. The minimum Gasteiger partial charge on any atom is -0.481 e. The van der Waals surface area contributed by atoms with Gasteiger partial charge in [-0.15, -0.1) is 0 Å². The number of carbonyl (C=O) groups excluding carboxylic acids is 1. The number of carbonyl (C=O) groups is 2. The SMILES string of the molecule is COCc1c(C(=O)NC2CC(CCC(=O)O)C2)cnn1-c1ccccc1. The molecule has 1 aliphatic carbocycles. The number of hydrogen-bond donors (Lipinski definition) is 2. The molecule has 7 nitrogen and oxygen atoms in total. The molecule has 1 aromatic heterocycles. The van der Waals surface area contributed by atoms with Crippen molar-refractivity contribution in [1.82, 2.24) is 15.1 Å². The molecule has 0 saturated heterocycles. The van der Waals surface area contributed by atoms with Gasteiger partial charge in [-0.05, 0) is 37.3 Å². The third-order valence-corrected chi connectivity index (χ3v) is 4.73. The maximum atomic E-state index is 12.6. The smallest absolute Gasteiger partial charge is 0.303 e. The first-order valence-corrected chi connectivity index (χ1v) is 8.72. The first-order chi connectivity index (χ1) is 12.6. The molecule has 1 fully saturated rings. The summed E-state index contributed by atoms with van der Waals surface area (Å²) in [6.07, 6.45) is 4.07. The summed E-state index contributed by atoms with van der Waals surface area (Å²) in [6.45, 7) is 0.281. The average Bonchev–Trinajstić information content (AvgIpc) is 3.01. The van der Waals surface area contributed by atoms with E-state index >= 15 is 0 Å². The van der Waals surface area contributed by atoms with Crippen LogP contribution >= 0.6 is 0 Å². The molecule has 1 heterocycles. The van der Waals surface area contributed by atoms with Gasteiger partial charge in [-0.25, -0.2) is 4.68 Å². The van der Waals surface area contributed by atoms with Crippen molar-refractivity contribution in [3.8, 4) is 5.69 Å². The van der Waals surface area contributed by atoms with Crippen molar-refractivity contribution >= 4 is 11.9 Å². The number of para-hydroxylation sites is 1. The first kappa shape index (κ1) is 18.1. The fourth-order valence-corrected chi connectivity index (χ4v) is 3.31. The van der Waals surface area contributed by atoms with E-state index in [0.717, 1.165) is 18.5 Å². The lowest BCUT2D eigenvalue weighted by atomic mass is 9.77. The molecule has 0 bridgehead atoms. The number of hydrogen-bond acceptors (Lipinski definition) is 4. The summed E-state index contributed by atoms with van der Waals surface area (Å²) in [4.78, 5) is 23.3. The van der Waals surface area contributed by atoms with Crippen molar-refractivity contribution in [2.24, 2.45) is 5.92 Å². The second-order valence-corrected chi connectivity index (χ2v) is 6.63. The number of carboxylic acids is 1. The molecule has 26 heavy (non-hydrogen) atoms. The lowest BCUT2D eigenvalue weighted by molar-refractivity contribution is -0.137. The Hall–Kier alpha value is -2.67. The first-order valence-electron chi connectivity index (χ1n) is 8.72. The van der Waals surface area contributed by atoms with E-state index in [4.69, 9.17) is 9.84 Å². The third kappa shape index (κ3) is 4.11. The Morgan fingerprint density at radius 1 is 1.31 bits per heavy atom. The van der Waals surface area contributed by atoms with Crippen molar-refractivity contribution in [2.75, 3.05) is 7.11 Å². The largest absolute Gasteiger partial charge is 0.481 e. The average molecular weight is 357 g/mol. The lowest BCUT2D eigenvalue weighted by Gasteiger charge is -2.35. The zero-order chi connectivity index (χ0) is 18.5. The summed E-state index contributed by atoms with van der Waals surface area (Å²) in [6, 6.07) is 9.70. The molecular formula is C19H23N3O4. The molecule has 0 spiro atoms. The fraction of sp³-hybridized carbons (Fsp3) is 0.421. The quantitative estimate of drug-likeness (QED) is 0.757. The molecule has 3 rings (SSSR count). The van der Waals surface area contributed by atoms with Gasteiger partial charge >= 0.3 is 5.97 Å². The van der Waals surface area contributed by atoms with Gasteiger partial charge in [0, 0.05) is 19.6 Å². The standard InChI is InChI=1S/C19H23N3O4/c1-26-12-17-16(11-20-22(17)15-5-3-2-4-6-15)19(25)21-14-9-13(10-14)7-8-18(23)24/h2-6,11,13-14H,7-10,12H2,1H3,(H,21,25)(H,23,24). The van der Waals surface area contributed by atoms with Crippen LogP contribution in [0, 0.1) is 5.92 Å². The number of ether oxygens (including phenoxy) is 1. The Bertz CT molecular complexity index is 766. The van der Waals surface area contributed by atoms with Gasteiger partial charge in [0.2, 0.25) is 0 Å². The highest BCUT2D eigenvalue weighted by Crippen LogP contribution is 2.31. The Morgan fingerprint density at radius 3 is 2.69 bits per heavy atom. The van der Waals surface area contributed by atoms with Gasteiger partial charge in [-0.1, -0.05) is 18.2 Å². The predicted octanol–water partition coefficient (Wildman–Crippen LogP) is 2.39. The van der Waals surface area contributed by atoms with Crippen LogP contribution in [-0.2, 0) is 16.1 Å². The van der Waals surface area contributed by atoms with Gasteiger partial charge in [0.15, 0.2) is 0 Å². The van der Waals surface area contributed by atoms with E-state index in [1.165, 1.54) is 0 Å². The molecule has 0 radical (unpaired) electrons. The molecule has 138 valence electrons. The van der Waals surface area contributed by atoms with E-state index in [9.17, 15) is 9.59 Å². The van der Waals surface area contributed by atoms with E-state index in [2.05, 4.69) is 10.4 Å². The number of carboxylic acid groups (broad SMARTS) is 1. The van der Waals surface area contributed by atoms with Crippen molar-refractivity contribution < 1.29 is 19.4 Å². The van der Waals surface area contributed by atoms with Crippen molar-refractivity contribution in [3.63, 3.8) is 0 Å². The zero-order valence-electron chi connectivity index (χ0n) is 14.7. The maximum absolute atomic E-state index is 12.6. The minimum absolute atomic E-state index is 0.0942. The van der Waals surface area contributed by atoms with Crippen LogP contribution in [0.15, 0.2) is 36.5 Å². The summed E-state index contributed by atoms with van der Waals surface area (Å²) in [5.41, 5.74) is 2.08. The van der Waals surface area contributed by atoms with Crippen LogP contribution in [0.4, 0.5) is 0 Å².